The topological polar surface area (TPSA) is 162 Å². The van der Waals surface area contributed by atoms with Crippen LogP contribution in [0.4, 0.5) is 11.4 Å². The summed E-state index contributed by atoms with van der Waals surface area (Å²) in [6, 6.07) is 8.25. The van der Waals surface area contributed by atoms with Gasteiger partial charge in [0.15, 0.2) is 0 Å². The smallest absolute Gasteiger partial charge is 0.270 e. The van der Waals surface area contributed by atoms with Crippen LogP contribution in [-0.4, -0.2) is 34.8 Å². The second-order valence-corrected chi connectivity index (χ2v) is 10.7. The van der Waals surface area contributed by atoms with Gasteiger partial charge in [-0.1, -0.05) is 13.8 Å². The molecule has 2 aromatic carbocycles. The van der Waals surface area contributed by atoms with Crippen molar-refractivity contribution >= 4 is 63.3 Å². The first kappa shape index (κ1) is 26.5. The molecular formula is C16H20Br2N4O6S2. The average Bonchev–Trinajstić information content (AvgIpc) is 2.64. The number of halogens is 2. The molecule has 0 heterocycles. The van der Waals surface area contributed by atoms with Crippen molar-refractivity contribution in [3.63, 3.8) is 0 Å². The van der Waals surface area contributed by atoms with Gasteiger partial charge in [-0.3, -0.25) is 10.1 Å². The molecule has 0 saturated carbocycles. The van der Waals surface area contributed by atoms with E-state index in [4.69, 9.17) is 5.73 Å². The quantitative estimate of drug-likeness (QED) is 0.255. The molecule has 0 amide bonds. The minimum absolute atomic E-state index is 0.136. The third kappa shape index (κ3) is 7.28. The molecule has 14 heteroatoms. The van der Waals surface area contributed by atoms with Crippen LogP contribution in [0, 0.1) is 10.1 Å². The fraction of sp³-hybridized carbons (Fsp3) is 0.250. The zero-order chi connectivity index (χ0) is 23.1. The van der Waals surface area contributed by atoms with E-state index in [9.17, 15) is 26.9 Å². The second kappa shape index (κ2) is 11.2. The first-order valence-electron chi connectivity index (χ1n) is 8.34. The number of non-ortho nitro benzene ring substituents is 1. The van der Waals surface area contributed by atoms with Crippen LogP contribution in [0.25, 0.3) is 0 Å². The molecule has 0 radical (unpaired) electrons. The predicted octanol–water partition coefficient (Wildman–Crippen LogP) is 2.99. The number of anilines is 1. The summed E-state index contributed by atoms with van der Waals surface area (Å²) < 4.78 is 52.0. The molecule has 0 aliphatic carbocycles. The van der Waals surface area contributed by atoms with Gasteiger partial charge in [0.25, 0.3) is 5.69 Å². The lowest BCUT2D eigenvalue weighted by Gasteiger charge is -2.07. The summed E-state index contributed by atoms with van der Waals surface area (Å²) in [5.41, 5.74) is 5.66. The van der Waals surface area contributed by atoms with Gasteiger partial charge < -0.3 is 5.73 Å². The van der Waals surface area contributed by atoms with Gasteiger partial charge in [0.05, 0.1) is 9.82 Å². The highest BCUT2D eigenvalue weighted by molar-refractivity contribution is 9.10. The number of nitro benzene ring substituents is 1. The Balaban J connectivity index is 0.000000303. The molecule has 10 nitrogen and oxygen atoms in total. The molecule has 2 aromatic rings. The predicted molar refractivity (Wildman–Crippen MR) is 121 cm³/mol. The third-order valence-electron chi connectivity index (χ3n) is 3.33. The Morgan fingerprint density at radius 2 is 1.33 bits per heavy atom. The van der Waals surface area contributed by atoms with Gasteiger partial charge in [-0.15, -0.1) is 0 Å². The lowest BCUT2D eigenvalue weighted by molar-refractivity contribution is -0.385. The van der Waals surface area contributed by atoms with Crippen molar-refractivity contribution in [2.24, 2.45) is 0 Å². The molecule has 166 valence electrons. The fourth-order valence-electron chi connectivity index (χ4n) is 2.07. The molecule has 2 rings (SSSR count). The van der Waals surface area contributed by atoms with Crippen LogP contribution in [0.3, 0.4) is 0 Å². The highest BCUT2D eigenvalue weighted by Crippen LogP contribution is 2.26. The summed E-state index contributed by atoms with van der Waals surface area (Å²) in [5.74, 6) is 0. The lowest BCUT2D eigenvalue weighted by atomic mass is 10.3. The number of nitrogen functional groups attached to an aromatic ring is 1. The molecule has 4 N–H and O–H groups in total. The Labute approximate surface area is 191 Å². The Hall–Kier alpha value is -1.58. The number of hydrogen-bond donors (Lipinski definition) is 3. The van der Waals surface area contributed by atoms with Crippen molar-refractivity contribution in [3.8, 4) is 0 Å². The largest absolute Gasteiger partial charge is 0.399 e. The number of rotatable bonds is 7. The molecule has 0 aliphatic rings. The van der Waals surface area contributed by atoms with E-state index >= 15 is 0 Å². The number of hydrogen-bond acceptors (Lipinski definition) is 7. The molecule has 0 fully saturated rings. The number of sulfonamides is 2. The summed E-state index contributed by atoms with van der Waals surface area (Å²) in [7, 11) is -7.14. The Kier molecular flexibility index (Phi) is 9.84. The van der Waals surface area contributed by atoms with Gasteiger partial charge in [-0.25, -0.2) is 26.3 Å². The number of nitro groups is 1. The van der Waals surface area contributed by atoms with Gasteiger partial charge in [-0.2, -0.15) is 0 Å². The molecular weight excluding hydrogens is 568 g/mol. The molecule has 0 saturated heterocycles. The van der Waals surface area contributed by atoms with Gasteiger partial charge in [0.1, 0.15) is 4.90 Å². The van der Waals surface area contributed by atoms with Gasteiger partial charge in [0, 0.05) is 39.9 Å². The van der Waals surface area contributed by atoms with Crippen LogP contribution in [0.5, 0.6) is 0 Å². The first-order valence-corrected chi connectivity index (χ1v) is 12.9. The van der Waals surface area contributed by atoms with Crippen molar-refractivity contribution in [1.29, 1.82) is 0 Å². The first-order chi connectivity index (χ1) is 13.9. The van der Waals surface area contributed by atoms with Crippen molar-refractivity contribution in [2.45, 2.75) is 23.6 Å². The van der Waals surface area contributed by atoms with Gasteiger partial charge >= 0.3 is 0 Å². The summed E-state index contributed by atoms with van der Waals surface area (Å²) >= 11 is 6.21. The van der Waals surface area contributed by atoms with E-state index < -0.39 is 25.0 Å². The highest BCUT2D eigenvalue weighted by Gasteiger charge is 2.20. The van der Waals surface area contributed by atoms with E-state index in [2.05, 4.69) is 41.3 Å². The maximum absolute atomic E-state index is 11.7. The zero-order valence-corrected chi connectivity index (χ0v) is 20.7. The average molecular weight is 588 g/mol. The number of benzene rings is 2. The van der Waals surface area contributed by atoms with E-state index in [1.807, 2.05) is 0 Å². The SMILES string of the molecule is CCNS(=O)(=O)c1cc(N)ccc1Br.CCNS(=O)(=O)c1cc([N+](=O)[O-])ccc1Br. The molecule has 0 aromatic heterocycles. The Bertz CT molecular complexity index is 1120. The Morgan fingerprint density at radius 3 is 1.77 bits per heavy atom. The van der Waals surface area contributed by atoms with Crippen LogP contribution >= 0.6 is 31.9 Å². The molecule has 0 bridgehead atoms. The molecule has 0 atom stereocenters. The molecule has 0 unspecified atom stereocenters. The third-order valence-corrected chi connectivity index (χ3v) is 8.41. The van der Waals surface area contributed by atoms with E-state index in [1.54, 1.807) is 26.0 Å². The summed E-state index contributed by atoms with van der Waals surface area (Å²) in [6.07, 6.45) is 0. The van der Waals surface area contributed by atoms with Crippen molar-refractivity contribution in [2.75, 3.05) is 18.8 Å². The van der Waals surface area contributed by atoms with Crippen LogP contribution < -0.4 is 15.2 Å². The minimum Gasteiger partial charge on any atom is -0.399 e. The summed E-state index contributed by atoms with van der Waals surface area (Å²) in [5, 5.41) is 10.5. The minimum atomic E-state index is -3.70. The van der Waals surface area contributed by atoms with E-state index in [1.165, 1.54) is 18.2 Å². The molecule has 0 spiro atoms. The molecule has 30 heavy (non-hydrogen) atoms. The standard InChI is InChI=1S/C8H9BrN2O4S.C8H11BrN2O2S/c1-2-10-16(14,15)8-5-6(11(12)13)3-4-7(8)9;1-2-11-14(12,13)8-5-6(10)3-4-7(8)9/h3-5,10H,2H2,1H3;3-5,11H,2,10H2,1H3. The fourth-order valence-corrected chi connectivity index (χ4v) is 6.13. The van der Waals surface area contributed by atoms with Crippen molar-refractivity contribution in [3.05, 3.63) is 55.5 Å². The van der Waals surface area contributed by atoms with Crippen LogP contribution in [0.2, 0.25) is 0 Å². The summed E-state index contributed by atoms with van der Waals surface area (Å²) in [4.78, 5) is 9.91. The van der Waals surface area contributed by atoms with E-state index in [0.29, 0.717) is 21.2 Å². The lowest BCUT2D eigenvalue weighted by Crippen LogP contribution is -2.23. The maximum atomic E-state index is 11.7. The number of nitrogens with one attached hydrogen (secondary N) is 2. The molecule has 0 aliphatic heterocycles. The van der Waals surface area contributed by atoms with Crippen molar-refractivity contribution < 1.29 is 21.8 Å². The highest BCUT2D eigenvalue weighted by atomic mass is 79.9. The maximum Gasteiger partial charge on any atom is 0.270 e. The second-order valence-electron chi connectivity index (χ2n) is 5.56. The van der Waals surface area contributed by atoms with Crippen LogP contribution in [0.1, 0.15) is 13.8 Å². The Morgan fingerprint density at radius 1 is 0.900 bits per heavy atom. The van der Waals surface area contributed by atoms with E-state index in [-0.39, 0.29) is 22.0 Å². The number of nitrogens with two attached hydrogens (primary N) is 1. The normalized spacial score (nSPS) is 11.5. The van der Waals surface area contributed by atoms with Gasteiger partial charge in [0.2, 0.25) is 20.0 Å². The zero-order valence-electron chi connectivity index (χ0n) is 15.9. The monoisotopic (exact) mass is 586 g/mol. The van der Waals surface area contributed by atoms with Gasteiger partial charge in [-0.05, 0) is 56.1 Å². The van der Waals surface area contributed by atoms with Crippen LogP contribution in [-0.2, 0) is 20.0 Å². The van der Waals surface area contributed by atoms with Crippen LogP contribution in [0.15, 0.2) is 55.1 Å². The van der Waals surface area contributed by atoms with E-state index in [0.717, 1.165) is 6.07 Å². The summed E-state index contributed by atoms with van der Waals surface area (Å²) in [6.45, 7) is 3.92. The number of nitrogens with zero attached hydrogens (tertiary/aromatic N) is 1. The van der Waals surface area contributed by atoms with Crippen molar-refractivity contribution in [1.82, 2.24) is 9.44 Å².